The average Bonchev–Trinajstić information content (AvgIpc) is 2.69. The molecule has 0 aromatic heterocycles. The lowest BCUT2D eigenvalue weighted by Crippen LogP contribution is -2.41. The number of phenolic OH excluding ortho intramolecular Hbond substituents is 3. The summed E-state index contributed by atoms with van der Waals surface area (Å²) in [5.41, 5.74) is 10.7. The lowest BCUT2D eigenvalue weighted by molar-refractivity contribution is -0.156. The number of carboxylic acids is 1. The summed E-state index contributed by atoms with van der Waals surface area (Å²) < 4.78 is 31.2. The van der Waals surface area contributed by atoms with Crippen molar-refractivity contribution in [2.75, 3.05) is 0 Å². The smallest absolute Gasteiger partial charge is 0.446 e. The highest BCUT2D eigenvalue weighted by Gasteiger charge is 2.35. The molecule has 24 heteroatoms. The molecule has 15 nitrogen and oxygen atoms in total. The largest absolute Gasteiger partial charge is 0.506 e. The molecular formula is C70H77Cl6F3N4O11. The first-order valence-electron chi connectivity index (χ1n) is 30.6. The van der Waals surface area contributed by atoms with Crippen LogP contribution in [0.1, 0.15) is 143 Å². The van der Waals surface area contributed by atoms with Gasteiger partial charge in [0.2, 0.25) is 24.0 Å². The maximum Gasteiger partial charge on any atom is 0.446 e. The zero-order valence-corrected chi connectivity index (χ0v) is 56.5. The van der Waals surface area contributed by atoms with Gasteiger partial charge in [0.15, 0.2) is 11.6 Å². The molecule has 0 radical (unpaired) electrons. The highest BCUT2D eigenvalue weighted by molar-refractivity contribution is 6.36. The quantitative estimate of drug-likeness (QED) is 0.0352. The highest BCUT2D eigenvalue weighted by atomic mass is 35.5. The molecule has 0 heterocycles. The lowest BCUT2D eigenvalue weighted by Gasteiger charge is -2.17. The number of aldehydes is 1. The minimum Gasteiger partial charge on any atom is -0.506 e. The molecule has 6 aromatic carbocycles. The van der Waals surface area contributed by atoms with E-state index in [4.69, 9.17) is 85.2 Å². The van der Waals surface area contributed by atoms with Gasteiger partial charge in [0.25, 0.3) is 0 Å². The Hall–Kier alpha value is -6.90. The summed E-state index contributed by atoms with van der Waals surface area (Å²) in [5.74, 6) is -0.507. The van der Waals surface area contributed by atoms with E-state index in [0.717, 1.165) is 57.8 Å². The number of benzene rings is 6. The van der Waals surface area contributed by atoms with Crippen LogP contribution in [0.2, 0.25) is 30.1 Å². The van der Waals surface area contributed by atoms with Crippen LogP contribution in [0.5, 0.6) is 17.2 Å². The van der Waals surface area contributed by atoms with Crippen LogP contribution in [0, 0.1) is 17.8 Å². The van der Waals surface area contributed by atoms with E-state index in [1.165, 1.54) is 41.8 Å². The second-order valence-electron chi connectivity index (χ2n) is 23.4. The average molecular weight is 1420 g/mol. The molecule has 0 saturated heterocycles. The molecule has 3 saturated carbocycles. The number of aromatic hydroxyl groups is 3. The van der Waals surface area contributed by atoms with E-state index in [2.05, 4.69) is 52.3 Å². The van der Waals surface area contributed by atoms with Crippen LogP contribution >= 0.6 is 69.6 Å². The maximum atomic E-state index is 12.6. The minimum atomic E-state index is -4.64. The highest BCUT2D eigenvalue weighted by Crippen LogP contribution is 2.41. The predicted molar refractivity (Wildman–Crippen MR) is 361 cm³/mol. The van der Waals surface area contributed by atoms with Crippen LogP contribution in [0.15, 0.2) is 127 Å². The van der Waals surface area contributed by atoms with Gasteiger partial charge in [-0.15, -0.1) is 0 Å². The monoisotopic (exact) mass is 1420 g/mol. The van der Waals surface area contributed by atoms with Crippen molar-refractivity contribution < 1.29 is 67.2 Å². The third-order valence-electron chi connectivity index (χ3n) is 16.6. The third kappa shape index (κ3) is 25.0. The molecule has 3 aliphatic carbocycles. The topological polar surface area (TPSA) is 263 Å². The first kappa shape index (κ1) is 77.8. The molecule has 0 bridgehead atoms. The van der Waals surface area contributed by atoms with Gasteiger partial charge in [-0.05, 0) is 173 Å². The Kier molecular flexibility index (Phi) is 31.5. The van der Waals surface area contributed by atoms with Crippen molar-refractivity contribution in [1.82, 2.24) is 16.0 Å². The van der Waals surface area contributed by atoms with Gasteiger partial charge in [-0.2, -0.15) is 13.2 Å². The van der Waals surface area contributed by atoms with Gasteiger partial charge >= 0.3 is 12.1 Å². The Labute approximate surface area is 575 Å². The normalized spacial score (nSPS) is 18.9. The number of Topliss-reactive ketones (excluding diaryl/α,β-unsaturated/α-hetero) is 2. The van der Waals surface area contributed by atoms with Crippen molar-refractivity contribution in [2.45, 2.75) is 153 Å². The Morgan fingerprint density at radius 3 is 1.04 bits per heavy atom. The number of nitrogens with one attached hydrogen (secondary N) is 3. The fraction of sp³-hybridized carbons (Fsp3) is 0.386. The number of rotatable bonds is 19. The number of ketones is 2. The number of aryl methyl sites for hydroxylation is 2. The van der Waals surface area contributed by atoms with E-state index in [1.54, 1.807) is 32.0 Å². The number of carboxylic acid groups (broad SMARTS) is 1. The number of hydrogen-bond acceptors (Lipinski definition) is 11. The molecule has 9 rings (SSSR count). The van der Waals surface area contributed by atoms with E-state index in [-0.39, 0.29) is 98.7 Å². The minimum absolute atomic E-state index is 0.0126. The molecule has 506 valence electrons. The summed E-state index contributed by atoms with van der Waals surface area (Å²) in [7, 11) is 0. The van der Waals surface area contributed by atoms with Crippen LogP contribution in [0.4, 0.5) is 13.2 Å². The Morgan fingerprint density at radius 2 is 0.766 bits per heavy atom. The van der Waals surface area contributed by atoms with E-state index in [1.807, 2.05) is 54.6 Å². The molecule has 0 spiro atoms. The van der Waals surface area contributed by atoms with Gasteiger partial charge in [-0.1, -0.05) is 161 Å². The van der Waals surface area contributed by atoms with Crippen LogP contribution in [0.25, 0.3) is 0 Å². The Bertz CT molecular complexity index is 3370. The van der Waals surface area contributed by atoms with Crippen molar-refractivity contribution >= 4 is 111 Å². The van der Waals surface area contributed by atoms with Gasteiger partial charge in [-0.3, -0.25) is 33.6 Å². The number of halogens is 9. The second-order valence-corrected chi connectivity index (χ2v) is 25.9. The molecule has 0 aliphatic heterocycles. The number of carbonyl (C=O) groups is 7. The number of amides is 3. The summed E-state index contributed by atoms with van der Waals surface area (Å²) >= 11 is 35.0. The van der Waals surface area contributed by atoms with Crippen molar-refractivity contribution in [1.29, 1.82) is 0 Å². The zero-order chi connectivity index (χ0) is 69.4. The van der Waals surface area contributed by atoms with E-state index >= 15 is 0 Å². The second kappa shape index (κ2) is 38.0. The van der Waals surface area contributed by atoms with Crippen LogP contribution in [-0.2, 0) is 52.9 Å². The van der Waals surface area contributed by atoms with Crippen LogP contribution in [0.3, 0.4) is 0 Å². The first-order valence-corrected chi connectivity index (χ1v) is 32.8. The molecule has 9 N–H and O–H groups in total. The fourth-order valence-corrected chi connectivity index (χ4v) is 12.9. The lowest BCUT2D eigenvalue weighted by atomic mass is 9.96. The van der Waals surface area contributed by atoms with Crippen molar-refractivity contribution in [2.24, 2.45) is 23.5 Å². The number of hydrogen-bond donors (Lipinski definition) is 8. The first-order chi connectivity index (χ1) is 44.5. The van der Waals surface area contributed by atoms with Crippen molar-refractivity contribution in [3.63, 3.8) is 0 Å². The summed E-state index contributed by atoms with van der Waals surface area (Å²) in [5, 5.41) is 48.2. The molecule has 94 heavy (non-hydrogen) atoms. The predicted octanol–water partition coefficient (Wildman–Crippen LogP) is 15.6. The third-order valence-corrected chi connectivity index (χ3v) is 18.1. The summed E-state index contributed by atoms with van der Waals surface area (Å²) in [4.78, 5) is 81.6. The van der Waals surface area contributed by atoms with Gasteiger partial charge < -0.3 is 42.1 Å². The molecule has 9 atom stereocenters. The number of carbonyl (C=O) groups excluding carboxylic acids is 6. The van der Waals surface area contributed by atoms with Crippen molar-refractivity contribution in [3.05, 3.63) is 191 Å². The van der Waals surface area contributed by atoms with Gasteiger partial charge in [0.1, 0.15) is 23.3 Å². The van der Waals surface area contributed by atoms with Crippen LogP contribution < -0.4 is 21.7 Å². The number of alkyl halides is 3. The number of aliphatic carboxylic acids is 1. The summed E-state index contributed by atoms with van der Waals surface area (Å²) in [6, 6.07) is 37.9. The zero-order valence-electron chi connectivity index (χ0n) is 51.9. The molecular weight excluding hydrogens is 1340 g/mol. The van der Waals surface area contributed by atoms with E-state index in [0.29, 0.717) is 62.4 Å². The SMILES string of the molecule is C[C@H](NC(=O)[C@@H]1CC[C@@H](c2ccccc2)C1)C(=O)CCc1cc(Cl)cc(Cl)c1O.C[C@H](NC(=O)[C@@H]1CC[C@@H](c2ccccc2)C1)C(=O)CCc1cc(Cl)cc(Cl)c1O.C[C@H](NC(=O)[C@@H]1CC[C@@H](c2ccccc2)C1)C(=O)O.NCc1cc(Cl)cc(Cl)c1O.O=CC(F)(F)F. The van der Waals surface area contributed by atoms with Gasteiger partial charge in [0.05, 0.1) is 27.2 Å². The van der Waals surface area contributed by atoms with E-state index < -0.39 is 36.6 Å². The fourth-order valence-electron chi connectivity index (χ4n) is 11.3. The standard InChI is InChI=1S/2C23H25Cl2NO3.C15H19NO3.C7H7Cl2NO.C2HF3O/c2*1-14(21(27)10-9-17-12-19(24)13-20(25)22(17)28)26-23(29)18-8-7-16(11-18)15-5-3-2-4-6-15;1-10(15(18)19)16-14(17)13-8-7-12(9-13)11-5-3-2-4-6-11;8-5-1-4(3-10)7(11)6(9)2-5;3-2(4,5)1-6/h2*2-6,12-14,16,18,28H,7-11H2,1H3,(H,26,29);2-6,10,12-13H,7-9H2,1H3,(H,16,17)(H,18,19);1-2,11H,3,10H2;1H/t2*14-,16+,18+;10-,12+,13+;;/m000../s1. The molecule has 3 fully saturated rings. The van der Waals surface area contributed by atoms with Crippen molar-refractivity contribution in [3.8, 4) is 17.2 Å². The number of nitrogens with two attached hydrogens (primary N) is 1. The maximum absolute atomic E-state index is 12.6. The number of phenols is 3. The molecule has 3 aliphatic rings. The van der Waals surface area contributed by atoms with Gasteiger partial charge in [-0.25, -0.2) is 0 Å². The molecule has 3 amide bonds. The summed E-state index contributed by atoms with van der Waals surface area (Å²) in [6.07, 6.45) is 3.18. The Morgan fingerprint density at radius 1 is 0.489 bits per heavy atom. The molecule has 6 aromatic rings. The Balaban J connectivity index is 0.000000230. The molecule has 0 unspecified atom stereocenters. The van der Waals surface area contributed by atoms with Gasteiger partial charge in [0, 0.05) is 57.8 Å². The van der Waals surface area contributed by atoms with E-state index in [9.17, 15) is 57.3 Å². The van der Waals surface area contributed by atoms with Crippen LogP contribution in [-0.4, -0.2) is 86.3 Å². The summed E-state index contributed by atoms with van der Waals surface area (Å²) in [6.45, 7) is 5.12.